The van der Waals surface area contributed by atoms with Crippen molar-refractivity contribution in [2.45, 2.75) is 25.0 Å². The zero-order valence-electron chi connectivity index (χ0n) is 8.93. The summed E-state index contributed by atoms with van der Waals surface area (Å²) in [6.07, 6.45) is 1.35. The molecule has 0 bridgehead atoms. The Labute approximate surface area is 94.2 Å². The molecule has 86 valence electrons. The first-order valence-corrected chi connectivity index (χ1v) is 5.43. The smallest absolute Gasteiger partial charge is 0.320 e. The Morgan fingerprint density at radius 1 is 1.38 bits per heavy atom. The van der Waals surface area contributed by atoms with Crippen LogP contribution >= 0.6 is 0 Å². The van der Waals surface area contributed by atoms with Crippen molar-refractivity contribution in [2.24, 2.45) is 0 Å². The van der Waals surface area contributed by atoms with E-state index in [1.54, 1.807) is 0 Å². The van der Waals surface area contributed by atoms with Crippen LogP contribution in [0.5, 0.6) is 5.75 Å². The molecule has 2 atom stereocenters. The number of aliphatic carboxylic acids is 1. The summed E-state index contributed by atoms with van der Waals surface area (Å²) in [7, 11) is 0. The van der Waals surface area contributed by atoms with Crippen molar-refractivity contribution in [1.82, 2.24) is 5.32 Å². The van der Waals surface area contributed by atoms with Crippen LogP contribution < -0.4 is 10.1 Å². The van der Waals surface area contributed by atoms with Crippen LogP contribution in [-0.2, 0) is 4.79 Å². The van der Waals surface area contributed by atoms with E-state index in [1.165, 1.54) is 0 Å². The van der Waals surface area contributed by atoms with Crippen LogP contribution in [-0.4, -0.2) is 29.8 Å². The Morgan fingerprint density at radius 2 is 2.12 bits per heavy atom. The van der Waals surface area contributed by atoms with Crippen molar-refractivity contribution in [3.8, 4) is 5.75 Å². The predicted molar refractivity (Wildman–Crippen MR) is 59.5 cm³/mol. The van der Waals surface area contributed by atoms with Gasteiger partial charge in [-0.05, 0) is 25.1 Å². The van der Waals surface area contributed by atoms with E-state index in [9.17, 15) is 4.79 Å². The van der Waals surface area contributed by atoms with Gasteiger partial charge in [0, 0.05) is 6.42 Å². The number of rotatable bonds is 3. The second-order valence-corrected chi connectivity index (χ2v) is 3.92. The first-order chi connectivity index (χ1) is 7.75. The standard InChI is InChI=1S/C12H15NO3/c14-12(15)11-8-10(6-7-13-11)16-9-4-2-1-3-5-9/h1-5,10-11,13H,6-8H2,(H,14,15)/t10-,11-/m0/s1. The van der Waals surface area contributed by atoms with Crippen molar-refractivity contribution in [2.75, 3.05) is 6.54 Å². The molecule has 2 N–H and O–H groups in total. The molecule has 0 unspecified atom stereocenters. The molecule has 0 aromatic heterocycles. The van der Waals surface area contributed by atoms with Gasteiger partial charge < -0.3 is 15.2 Å². The second-order valence-electron chi connectivity index (χ2n) is 3.92. The number of para-hydroxylation sites is 1. The third-order valence-electron chi connectivity index (χ3n) is 2.70. The van der Waals surface area contributed by atoms with Gasteiger partial charge in [0.05, 0.1) is 0 Å². The monoisotopic (exact) mass is 221 g/mol. The predicted octanol–water partition coefficient (Wildman–Crippen LogP) is 1.27. The van der Waals surface area contributed by atoms with Gasteiger partial charge in [-0.1, -0.05) is 18.2 Å². The van der Waals surface area contributed by atoms with E-state index in [0.29, 0.717) is 13.0 Å². The Morgan fingerprint density at radius 3 is 2.81 bits per heavy atom. The summed E-state index contributed by atoms with van der Waals surface area (Å²) in [6, 6.07) is 9.03. The Balaban J connectivity index is 1.93. The van der Waals surface area contributed by atoms with Crippen LogP contribution in [0, 0.1) is 0 Å². The maximum absolute atomic E-state index is 10.8. The number of hydrogen-bond acceptors (Lipinski definition) is 3. The van der Waals surface area contributed by atoms with Gasteiger partial charge in [0.2, 0.25) is 0 Å². The lowest BCUT2D eigenvalue weighted by atomic mass is 10.0. The third kappa shape index (κ3) is 2.73. The maximum Gasteiger partial charge on any atom is 0.320 e. The van der Waals surface area contributed by atoms with E-state index < -0.39 is 12.0 Å². The van der Waals surface area contributed by atoms with Gasteiger partial charge >= 0.3 is 5.97 Å². The maximum atomic E-state index is 10.8. The van der Waals surface area contributed by atoms with Gasteiger partial charge in [-0.3, -0.25) is 4.79 Å². The zero-order chi connectivity index (χ0) is 11.4. The normalized spacial score (nSPS) is 25.0. The van der Waals surface area contributed by atoms with E-state index in [4.69, 9.17) is 9.84 Å². The van der Waals surface area contributed by atoms with Gasteiger partial charge in [-0.15, -0.1) is 0 Å². The van der Waals surface area contributed by atoms with Gasteiger partial charge in [-0.25, -0.2) is 0 Å². The van der Waals surface area contributed by atoms with Crippen molar-refractivity contribution < 1.29 is 14.6 Å². The average Bonchev–Trinajstić information content (AvgIpc) is 2.30. The lowest BCUT2D eigenvalue weighted by Crippen LogP contribution is -2.46. The first kappa shape index (κ1) is 11.0. The Hall–Kier alpha value is -1.55. The molecule has 2 rings (SSSR count). The van der Waals surface area contributed by atoms with Crippen LogP contribution in [0.15, 0.2) is 30.3 Å². The third-order valence-corrected chi connectivity index (χ3v) is 2.70. The number of piperidine rings is 1. The molecule has 1 heterocycles. The molecule has 1 aliphatic rings. The molecule has 1 saturated heterocycles. The van der Waals surface area contributed by atoms with Crippen molar-refractivity contribution in [1.29, 1.82) is 0 Å². The number of ether oxygens (including phenoxy) is 1. The highest BCUT2D eigenvalue weighted by molar-refractivity contribution is 5.73. The van der Waals surface area contributed by atoms with Crippen molar-refractivity contribution >= 4 is 5.97 Å². The fourth-order valence-corrected chi connectivity index (χ4v) is 1.87. The van der Waals surface area contributed by atoms with Crippen molar-refractivity contribution in [3.05, 3.63) is 30.3 Å². The molecule has 1 fully saturated rings. The average molecular weight is 221 g/mol. The van der Waals surface area contributed by atoms with Gasteiger partial charge in [-0.2, -0.15) is 0 Å². The van der Waals surface area contributed by atoms with Crippen molar-refractivity contribution in [3.63, 3.8) is 0 Å². The molecule has 0 saturated carbocycles. The molecule has 16 heavy (non-hydrogen) atoms. The molecule has 0 spiro atoms. The SMILES string of the molecule is O=C(O)[C@@H]1C[C@@H](Oc2ccccc2)CCN1. The van der Waals surface area contributed by atoms with E-state index >= 15 is 0 Å². The number of hydrogen-bond donors (Lipinski definition) is 2. The second kappa shape index (κ2) is 4.99. The zero-order valence-corrected chi connectivity index (χ0v) is 8.93. The lowest BCUT2D eigenvalue weighted by Gasteiger charge is -2.28. The molecular weight excluding hydrogens is 206 g/mol. The van der Waals surface area contributed by atoms with Crippen LogP contribution in [0.3, 0.4) is 0 Å². The molecule has 4 heteroatoms. The van der Waals surface area contributed by atoms with Gasteiger partial charge in [0.15, 0.2) is 0 Å². The molecule has 4 nitrogen and oxygen atoms in total. The van der Waals surface area contributed by atoms with Crippen LogP contribution in [0.4, 0.5) is 0 Å². The van der Waals surface area contributed by atoms with E-state index in [-0.39, 0.29) is 6.10 Å². The van der Waals surface area contributed by atoms with Crippen LogP contribution in [0.1, 0.15) is 12.8 Å². The molecule has 0 amide bonds. The summed E-state index contributed by atoms with van der Waals surface area (Å²) in [4.78, 5) is 10.8. The fraction of sp³-hybridized carbons (Fsp3) is 0.417. The highest BCUT2D eigenvalue weighted by atomic mass is 16.5. The summed E-state index contributed by atoms with van der Waals surface area (Å²) in [5.74, 6) is -0.0000922. The molecule has 1 aromatic rings. The highest BCUT2D eigenvalue weighted by Gasteiger charge is 2.27. The quantitative estimate of drug-likeness (QED) is 0.807. The molecule has 1 aliphatic heterocycles. The summed E-state index contributed by atoms with van der Waals surface area (Å²) in [5, 5.41) is 11.9. The first-order valence-electron chi connectivity index (χ1n) is 5.43. The minimum absolute atomic E-state index is 0.00949. The summed E-state index contributed by atoms with van der Waals surface area (Å²) in [6.45, 7) is 0.689. The van der Waals surface area contributed by atoms with Crippen LogP contribution in [0.25, 0.3) is 0 Å². The molecule has 1 aromatic carbocycles. The number of carboxylic acid groups (broad SMARTS) is 1. The summed E-state index contributed by atoms with van der Waals surface area (Å²) >= 11 is 0. The fourth-order valence-electron chi connectivity index (χ4n) is 1.87. The highest BCUT2D eigenvalue weighted by Crippen LogP contribution is 2.18. The summed E-state index contributed by atoms with van der Waals surface area (Å²) < 4.78 is 5.73. The topological polar surface area (TPSA) is 58.6 Å². The molecule has 0 aliphatic carbocycles. The van der Waals surface area contributed by atoms with E-state index in [2.05, 4.69) is 5.32 Å². The van der Waals surface area contributed by atoms with E-state index in [0.717, 1.165) is 12.2 Å². The number of carboxylic acids is 1. The largest absolute Gasteiger partial charge is 0.490 e. The molecular formula is C12H15NO3. The minimum Gasteiger partial charge on any atom is -0.490 e. The number of benzene rings is 1. The molecule has 0 radical (unpaired) electrons. The van der Waals surface area contributed by atoms with E-state index in [1.807, 2.05) is 30.3 Å². The summed E-state index contributed by atoms with van der Waals surface area (Å²) in [5.41, 5.74) is 0. The Bertz CT molecular complexity index is 353. The number of nitrogens with one attached hydrogen (secondary N) is 1. The lowest BCUT2D eigenvalue weighted by molar-refractivity contribution is -0.140. The van der Waals surface area contributed by atoms with Gasteiger partial charge in [0.25, 0.3) is 0 Å². The Kier molecular flexibility index (Phi) is 3.41. The minimum atomic E-state index is -0.804. The van der Waals surface area contributed by atoms with Crippen LogP contribution in [0.2, 0.25) is 0 Å². The van der Waals surface area contributed by atoms with Gasteiger partial charge in [0.1, 0.15) is 17.9 Å². The number of carbonyl (C=O) groups is 1.